The summed E-state index contributed by atoms with van der Waals surface area (Å²) in [4.78, 5) is 10.5. The molecule has 0 saturated heterocycles. The van der Waals surface area contributed by atoms with E-state index in [9.17, 15) is 0 Å². The SMILES string of the molecule is c1ccc2c(c1)CCCN2c1ccncn1. The lowest BCUT2D eigenvalue weighted by molar-refractivity contribution is 0.758. The number of para-hydroxylation sites is 1. The third-order valence-electron chi connectivity index (χ3n) is 2.95. The number of fused-ring (bicyclic) bond motifs is 1. The molecular weight excluding hydrogens is 198 g/mol. The van der Waals surface area contributed by atoms with Crippen LogP contribution in [0.15, 0.2) is 42.9 Å². The maximum atomic E-state index is 4.32. The molecule has 0 spiro atoms. The second-order valence-corrected chi connectivity index (χ2v) is 3.95. The number of anilines is 2. The average Bonchev–Trinajstić information content (AvgIpc) is 2.39. The predicted octanol–water partition coefficient (Wildman–Crippen LogP) is 2.56. The smallest absolute Gasteiger partial charge is 0.136 e. The van der Waals surface area contributed by atoms with E-state index in [4.69, 9.17) is 0 Å². The molecule has 2 heterocycles. The molecular formula is C13H13N3. The first-order valence-corrected chi connectivity index (χ1v) is 5.56. The van der Waals surface area contributed by atoms with Gasteiger partial charge in [0.05, 0.1) is 0 Å². The van der Waals surface area contributed by atoms with E-state index in [0.717, 1.165) is 18.8 Å². The quantitative estimate of drug-likeness (QED) is 0.726. The first-order valence-electron chi connectivity index (χ1n) is 5.56. The van der Waals surface area contributed by atoms with E-state index in [2.05, 4.69) is 39.1 Å². The zero-order chi connectivity index (χ0) is 10.8. The molecule has 1 aliphatic heterocycles. The van der Waals surface area contributed by atoms with Gasteiger partial charge in [-0.1, -0.05) is 18.2 Å². The largest absolute Gasteiger partial charge is 0.326 e. The van der Waals surface area contributed by atoms with Gasteiger partial charge in [-0.2, -0.15) is 0 Å². The van der Waals surface area contributed by atoms with Crippen LogP contribution in [0.4, 0.5) is 11.5 Å². The van der Waals surface area contributed by atoms with Crippen LogP contribution in [-0.2, 0) is 6.42 Å². The highest BCUT2D eigenvalue weighted by Gasteiger charge is 2.17. The van der Waals surface area contributed by atoms with Crippen LogP contribution in [0.2, 0.25) is 0 Å². The van der Waals surface area contributed by atoms with Crippen LogP contribution in [0.5, 0.6) is 0 Å². The second kappa shape index (κ2) is 3.93. The summed E-state index contributed by atoms with van der Waals surface area (Å²) in [6, 6.07) is 10.5. The molecule has 0 N–H and O–H groups in total. The van der Waals surface area contributed by atoms with Crippen molar-refractivity contribution in [3.8, 4) is 0 Å². The minimum absolute atomic E-state index is 0.988. The van der Waals surface area contributed by atoms with Crippen LogP contribution in [-0.4, -0.2) is 16.5 Å². The number of aromatic nitrogens is 2. The molecule has 0 amide bonds. The van der Waals surface area contributed by atoms with Crippen molar-refractivity contribution in [2.75, 3.05) is 11.4 Å². The maximum absolute atomic E-state index is 4.32. The van der Waals surface area contributed by atoms with Crippen LogP contribution in [0, 0.1) is 0 Å². The Morgan fingerprint density at radius 2 is 2.06 bits per heavy atom. The first kappa shape index (κ1) is 9.33. The highest BCUT2D eigenvalue weighted by atomic mass is 15.2. The molecule has 0 saturated carbocycles. The van der Waals surface area contributed by atoms with Gasteiger partial charge in [-0.3, -0.25) is 0 Å². The molecule has 1 aromatic carbocycles. The monoisotopic (exact) mass is 211 g/mol. The van der Waals surface area contributed by atoms with Gasteiger partial charge < -0.3 is 4.90 Å². The van der Waals surface area contributed by atoms with Gasteiger partial charge in [0.15, 0.2) is 0 Å². The molecule has 16 heavy (non-hydrogen) atoms. The fourth-order valence-electron chi connectivity index (χ4n) is 2.21. The Kier molecular flexibility index (Phi) is 2.29. The van der Waals surface area contributed by atoms with Gasteiger partial charge in [-0.05, 0) is 30.5 Å². The van der Waals surface area contributed by atoms with Gasteiger partial charge in [0.25, 0.3) is 0 Å². The maximum Gasteiger partial charge on any atom is 0.136 e. The standard InChI is InChI=1S/C13H13N3/c1-2-6-12-11(4-1)5-3-9-16(12)13-7-8-14-10-15-13/h1-2,4,6-8,10H,3,5,9H2. The van der Waals surface area contributed by atoms with Crippen molar-refractivity contribution in [1.29, 1.82) is 0 Å². The van der Waals surface area contributed by atoms with Crippen LogP contribution in [0.3, 0.4) is 0 Å². The first-order chi connectivity index (χ1) is 7.95. The fraction of sp³-hybridized carbons (Fsp3) is 0.231. The van der Waals surface area contributed by atoms with Gasteiger partial charge >= 0.3 is 0 Å². The average molecular weight is 211 g/mol. The Morgan fingerprint density at radius 3 is 2.94 bits per heavy atom. The molecule has 3 nitrogen and oxygen atoms in total. The van der Waals surface area contributed by atoms with E-state index in [0.29, 0.717) is 0 Å². The van der Waals surface area contributed by atoms with Crippen LogP contribution >= 0.6 is 0 Å². The third-order valence-corrected chi connectivity index (χ3v) is 2.95. The van der Waals surface area contributed by atoms with Crippen molar-refractivity contribution in [3.05, 3.63) is 48.4 Å². The number of nitrogens with zero attached hydrogens (tertiary/aromatic N) is 3. The third kappa shape index (κ3) is 1.54. The summed E-state index contributed by atoms with van der Waals surface area (Å²) < 4.78 is 0. The van der Waals surface area contributed by atoms with Gasteiger partial charge in [-0.15, -0.1) is 0 Å². The summed E-state index contributed by atoms with van der Waals surface area (Å²) in [5.41, 5.74) is 2.69. The number of aryl methyl sites for hydroxylation is 1. The summed E-state index contributed by atoms with van der Waals surface area (Å²) >= 11 is 0. The molecule has 0 radical (unpaired) electrons. The number of hydrogen-bond acceptors (Lipinski definition) is 3. The molecule has 80 valence electrons. The molecule has 3 heteroatoms. The van der Waals surface area contributed by atoms with Crippen LogP contribution in [0.25, 0.3) is 0 Å². The summed E-state index contributed by atoms with van der Waals surface area (Å²) in [6.45, 7) is 1.04. The normalized spacial score (nSPS) is 14.6. The van der Waals surface area contributed by atoms with Crippen molar-refractivity contribution in [1.82, 2.24) is 9.97 Å². The number of benzene rings is 1. The lowest BCUT2D eigenvalue weighted by Crippen LogP contribution is -2.25. The van der Waals surface area contributed by atoms with Crippen molar-refractivity contribution >= 4 is 11.5 Å². The molecule has 0 bridgehead atoms. The van der Waals surface area contributed by atoms with E-state index < -0.39 is 0 Å². The molecule has 0 fully saturated rings. The molecule has 0 atom stereocenters. The molecule has 3 rings (SSSR count). The van der Waals surface area contributed by atoms with E-state index >= 15 is 0 Å². The highest BCUT2D eigenvalue weighted by Crippen LogP contribution is 2.31. The Labute approximate surface area is 94.8 Å². The molecule has 1 aliphatic rings. The van der Waals surface area contributed by atoms with Gasteiger partial charge in [0.2, 0.25) is 0 Å². The van der Waals surface area contributed by atoms with Crippen LogP contribution in [0.1, 0.15) is 12.0 Å². The van der Waals surface area contributed by atoms with Gasteiger partial charge in [-0.25, -0.2) is 9.97 Å². The van der Waals surface area contributed by atoms with Crippen molar-refractivity contribution < 1.29 is 0 Å². The summed E-state index contributed by atoms with van der Waals surface area (Å²) in [7, 11) is 0. The molecule has 2 aromatic rings. The molecule has 0 aliphatic carbocycles. The minimum atomic E-state index is 0.988. The summed E-state index contributed by atoms with van der Waals surface area (Å²) in [5.74, 6) is 0.988. The number of rotatable bonds is 1. The number of hydrogen-bond donors (Lipinski definition) is 0. The Balaban J connectivity index is 2.05. The van der Waals surface area contributed by atoms with Gasteiger partial charge in [0.1, 0.15) is 12.1 Å². The van der Waals surface area contributed by atoms with Gasteiger partial charge in [0, 0.05) is 18.4 Å². The zero-order valence-corrected chi connectivity index (χ0v) is 9.00. The van der Waals surface area contributed by atoms with Crippen molar-refractivity contribution in [3.63, 3.8) is 0 Å². The molecule has 1 aromatic heterocycles. The Hall–Kier alpha value is -1.90. The topological polar surface area (TPSA) is 29.0 Å². The van der Waals surface area contributed by atoms with Crippen molar-refractivity contribution in [2.24, 2.45) is 0 Å². The van der Waals surface area contributed by atoms with E-state index in [1.165, 1.54) is 17.7 Å². The summed E-state index contributed by atoms with van der Waals surface area (Å²) in [6.07, 6.45) is 5.74. The van der Waals surface area contributed by atoms with E-state index in [-0.39, 0.29) is 0 Å². The minimum Gasteiger partial charge on any atom is -0.326 e. The van der Waals surface area contributed by atoms with E-state index in [1.807, 2.05) is 6.07 Å². The summed E-state index contributed by atoms with van der Waals surface area (Å²) in [5, 5.41) is 0. The predicted molar refractivity (Wildman–Crippen MR) is 63.8 cm³/mol. The van der Waals surface area contributed by atoms with Crippen LogP contribution < -0.4 is 4.90 Å². The Morgan fingerprint density at radius 1 is 1.12 bits per heavy atom. The lowest BCUT2D eigenvalue weighted by atomic mass is 10.0. The van der Waals surface area contributed by atoms with E-state index in [1.54, 1.807) is 12.5 Å². The lowest BCUT2D eigenvalue weighted by Gasteiger charge is -2.30. The second-order valence-electron chi connectivity index (χ2n) is 3.95. The van der Waals surface area contributed by atoms with Crippen molar-refractivity contribution in [2.45, 2.75) is 12.8 Å². The zero-order valence-electron chi connectivity index (χ0n) is 9.00. The fourth-order valence-corrected chi connectivity index (χ4v) is 2.21. The Bertz CT molecular complexity index is 482. The highest BCUT2D eigenvalue weighted by molar-refractivity contribution is 5.64. The molecule has 0 unspecified atom stereocenters.